The lowest BCUT2D eigenvalue weighted by Gasteiger charge is -2.34. The van der Waals surface area contributed by atoms with Crippen LogP contribution in [-0.2, 0) is 16.0 Å². The molecule has 1 atom stereocenters. The number of aromatic hydroxyl groups is 1. The van der Waals surface area contributed by atoms with Crippen molar-refractivity contribution < 1.29 is 24.6 Å². The van der Waals surface area contributed by atoms with E-state index in [1.165, 1.54) is 12.1 Å². The summed E-state index contributed by atoms with van der Waals surface area (Å²) in [5.41, 5.74) is 2.03. The lowest BCUT2D eigenvalue weighted by molar-refractivity contribution is -0.121. The van der Waals surface area contributed by atoms with Crippen LogP contribution in [0.15, 0.2) is 42.5 Å². The fourth-order valence-corrected chi connectivity index (χ4v) is 3.86. The molecular formula is C20H18N2O5. The van der Waals surface area contributed by atoms with Gasteiger partial charge in [0, 0.05) is 18.3 Å². The van der Waals surface area contributed by atoms with E-state index < -0.39 is 17.8 Å². The first-order valence-corrected chi connectivity index (χ1v) is 8.75. The highest BCUT2D eigenvalue weighted by Crippen LogP contribution is 2.34. The molecule has 0 aromatic heterocycles. The molecule has 2 heterocycles. The summed E-state index contributed by atoms with van der Waals surface area (Å²) >= 11 is 0. The molecular weight excluding hydrogens is 348 g/mol. The highest BCUT2D eigenvalue weighted by atomic mass is 16.4. The number of phenols is 1. The predicted octanol–water partition coefficient (Wildman–Crippen LogP) is 2.18. The minimum Gasteiger partial charge on any atom is -0.507 e. The predicted molar refractivity (Wildman–Crippen MR) is 98.1 cm³/mol. The molecule has 1 saturated heterocycles. The average Bonchev–Trinajstić information content (AvgIpc) is 2.95. The van der Waals surface area contributed by atoms with Gasteiger partial charge in [-0.15, -0.1) is 0 Å². The molecule has 0 spiro atoms. The number of carbonyl (C=O) groups excluding carboxylic acids is 2. The van der Waals surface area contributed by atoms with Crippen LogP contribution in [0.5, 0.6) is 5.75 Å². The molecule has 138 valence electrons. The number of amides is 2. The second-order valence-electron chi connectivity index (χ2n) is 6.72. The molecule has 2 aromatic carbocycles. The van der Waals surface area contributed by atoms with Gasteiger partial charge in [0.15, 0.2) is 0 Å². The van der Waals surface area contributed by atoms with E-state index in [-0.39, 0.29) is 29.5 Å². The van der Waals surface area contributed by atoms with E-state index in [1.807, 2.05) is 29.2 Å². The Morgan fingerprint density at radius 2 is 1.89 bits per heavy atom. The molecule has 0 bridgehead atoms. The highest BCUT2D eigenvalue weighted by Gasteiger charge is 2.43. The van der Waals surface area contributed by atoms with Gasteiger partial charge in [0.1, 0.15) is 17.4 Å². The van der Waals surface area contributed by atoms with Gasteiger partial charge in [-0.2, -0.15) is 0 Å². The van der Waals surface area contributed by atoms with Gasteiger partial charge in [-0.1, -0.05) is 18.2 Å². The highest BCUT2D eigenvalue weighted by molar-refractivity contribution is 6.23. The summed E-state index contributed by atoms with van der Waals surface area (Å²) in [4.78, 5) is 39.6. The summed E-state index contributed by atoms with van der Waals surface area (Å²) in [6.45, 7) is 0.692. The van der Waals surface area contributed by atoms with E-state index in [0.717, 1.165) is 35.1 Å². The molecule has 2 N–H and O–H groups in total. The van der Waals surface area contributed by atoms with Crippen molar-refractivity contribution in [1.29, 1.82) is 0 Å². The van der Waals surface area contributed by atoms with E-state index >= 15 is 0 Å². The maximum Gasteiger partial charge on any atom is 0.339 e. The number of aryl methyl sites for hydroxylation is 1. The molecule has 1 unspecified atom stereocenters. The number of benzene rings is 2. The van der Waals surface area contributed by atoms with Crippen molar-refractivity contribution in [2.24, 2.45) is 0 Å². The number of hydrogen-bond acceptors (Lipinski definition) is 5. The van der Waals surface area contributed by atoms with Gasteiger partial charge in [0.25, 0.3) is 5.91 Å². The number of aromatic carboxylic acids is 1. The lowest BCUT2D eigenvalue weighted by Crippen LogP contribution is -2.44. The largest absolute Gasteiger partial charge is 0.507 e. The Hall–Kier alpha value is -3.35. The van der Waals surface area contributed by atoms with E-state index in [9.17, 15) is 19.5 Å². The smallest absolute Gasteiger partial charge is 0.339 e. The van der Waals surface area contributed by atoms with Crippen molar-refractivity contribution in [1.82, 2.24) is 0 Å². The van der Waals surface area contributed by atoms with Gasteiger partial charge >= 0.3 is 5.97 Å². The number of anilines is 2. The molecule has 2 amide bonds. The molecule has 0 radical (unpaired) electrons. The number of fused-ring (bicyclic) bond motifs is 1. The molecule has 0 aliphatic carbocycles. The normalized spacial score (nSPS) is 19.3. The molecule has 27 heavy (non-hydrogen) atoms. The van der Waals surface area contributed by atoms with Crippen LogP contribution in [0, 0.1) is 0 Å². The molecule has 4 rings (SSSR count). The SMILES string of the molecule is O=C(O)c1ccc(N2C(=O)CC(N3CCCc4ccccc43)C2=O)cc1O. The van der Waals surface area contributed by atoms with Crippen molar-refractivity contribution in [3.05, 3.63) is 53.6 Å². The molecule has 2 aromatic rings. The third-order valence-electron chi connectivity index (χ3n) is 5.12. The number of carboxylic acids is 1. The van der Waals surface area contributed by atoms with Gasteiger partial charge in [-0.25, -0.2) is 9.69 Å². The first kappa shape index (κ1) is 17.1. The monoisotopic (exact) mass is 366 g/mol. The van der Waals surface area contributed by atoms with E-state index in [4.69, 9.17) is 5.11 Å². The maximum atomic E-state index is 13.0. The molecule has 7 nitrogen and oxygen atoms in total. The third-order valence-corrected chi connectivity index (χ3v) is 5.12. The first-order valence-electron chi connectivity index (χ1n) is 8.75. The van der Waals surface area contributed by atoms with Crippen LogP contribution in [-0.4, -0.2) is 40.6 Å². The first-order chi connectivity index (χ1) is 13.0. The summed E-state index contributed by atoms with van der Waals surface area (Å²) in [6.07, 6.45) is 1.90. The van der Waals surface area contributed by atoms with Crippen molar-refractivity contribution in [3.63, 3.8) is 0 Å². The topological polar surface area (TPSA) is 98.2 Å². The Morgan fingerprint density at radius 3 is 2.63 bits per heavy atom. The fraction of sp³-hybridized carbons (Fsp3) is 0.250. The third kappa shape index (κ3) is 2.81. The zero-order valence-corrected chi connectivity index (χ0v) is 14.5. The second-order valence-corrected chi connectivity index (χ2v) is 6.72. The number of para-hydroxylation sites is 1. The van der Waals surface area contributed by atoms with Gasteiger partial charge in [0.2, 0.25) is 5.91 Å². The number of carboxylic acid groups (broad SMARTS) is 1. The Morgan fingerprint density at radius 1 is 1.11 bits per heavy atom. The van der Waals surface area contributed by atoms with Crippen LogP contribution >= 0.6 is 0 Å². The Balaban J connectivity index is 1.66. The lowest BCUT2D eigenvalue weighted by atomic mass is 9.99. The molecule has 1 fully saturated rings. The fourth-order valence-electron chi connectivity index (χ4n) is 3.86. The van der Waals surface area contributed by atoms with Gasteiger partial charge in [0.05, 0.1) is 12.1 Å². The zero-order chi connectivity index (χ0) is 19.1. The van der Waals surface area contributed by atoms with Crippen LogP contribution in [0.3, 0.4) is 0 Å². The van der Waals surface area contributed by atoms with E-state index in [1.54, 1.807) is 0 Å². The molecule has 2 aliphatic rings. The number of nitrogens with zero attached hydrogens (tertiary/aromatic N) is 2. The standard InChI is InChI=1S/C20H18N2O5/c23-17-10-13(7-8-14(17)20(26)27)22-18(24)11-16(19(22)25)21-9-3-5-12-4-1-2-6-15(12)21/h1-2,4,6-8,10,16,23H,3,5,9,11H2,(H,26,27). The Kier molecular flexibility index (Phi) is 4.07. The Labute approximate surface area is 155 Å². The number of hydrogen-bond donors (Lipinski definition) is 2. The number of imide groups is 1. The summed E-state index contributed by atoms with van der Waals surface area (Å²) in [5.74, 6) is -2.48. The maximum absolute atomic E-state index is 13.0. The van der Waals surface area contributed by atoms with Crippen molar-refractivity contribution in [2.45, 2.75) is 25.3 Å². The van der Waals surface area contributed by atoms with Gasteiger partial charge in [-0.05, 0) is 36.6 Å². The molecule has 7 heteroatoms. The summed E-state index contributed by atoms with van der Waals surface area (Å²) in [6, 6.07) is 11.0. The minimum atomic E-state index is -1.28. The van der Waals surface area contributed by atoms with Crippen molar-refractivity contribution in [2.75, 3.05) is 16.3 Å². The summed E-state index contributed by atoms with van der Waals surface area (Å²) < 4.78 is 0. The number of rotatable bonds is 3. The van der Waals surface area contributed by atoms with Crippen molar-refractivity contribution in [3.8, 4) is 5.75 Å². The summed E-state index contributed by atoms with van der Waals surface area (Å²) in [5, 5.41) is 18.9. The van der Waals surface area contributed by atoms with E-state index in [2.05, 4.69) is 0 Å². The van der Waals surface area contributed by atoms with Gasteiger partial charge < -0.3 is 15.1 Å². The summed E-state index contributed by atoms with van der Waals surface area (Å²) in [7, 11) is 0. The number of carbonyl (C=O) groups is 3. The van der Waals surface area contributed by atoms with E-state index in [0.29, 0.717) is 6.54 Å². The molecule has 2 aliphatic heterocycles. The van der Waals surface area contributed by atoms with Crippen LogP contribution in [0.1, 0.15) is 28.8 Å². The van der Waals surface area contributed by atoms with Crippen LogP contribution in [0.4, 0.5) is 11.4 Å². The minimum absolute atomic E-state index is 0.0502. The molecule has 0 saturated carbocycles. The second kappa shape index (κ2) is 6.42. The van der Waals surface area contributed by atoms with Gasteiger partial charge in [-0.3, -0.25) is 9.59 Å². The van der Waals surface area contributed by atoms with Crippen LogP contribution in [0.2, 0.25) is 0 Å². The Bertz CT molecular complexity index is 955. The van der Waals surface area contributed by atoms with Crippen LogP contribution in [0.25, 0.3) is 0 Å². The quantitative estimate of drug-likeness (QED) is 0.808. The zero-order valence-electron chi connectivity index (χ0n) is 14.5. The average molecular weight is 366 g/mol. The van der Waals surface area contributed by atoms with Crippen LogP contribution < -0.4 is 9.80 Å². The van der Waals surface area contributed by atoms with Crippen molar-refractivity contribution >= 4 is 29.2 Å².